The van der Waals surface area contributed by atoms with E-state index in [2.05, 4.69) is 25.8 Å². The van der Waals surface area contributed by atoms with E-state index >= 15 is 0 Å². The maximum absolute atomic E-state index is 12.8. The predicted molar refractivity (Wildman–Crippen MR) is 94.9 cm³/mol. The minimum absolute atomic E-state index is 0.0815. The normalized spacial score (nSPS) is 21.8. The number of pyridine rings is 1. The number of rotatable bonds is 4. The van der Waals surface area contributed by atoms with E-state index in [1.54, 1.807) is 18.1 Å². The van der Waals surface area contributed by atoms with Gasteiger partial charge in [0.15, 0.2) is 0 Å². The van der Waals surface area contributed by atoms with E-state index in [9.17, 15) is 4.79 Å². The molecule has 4 heterocycles. The Morgan fingerprint density at radius 1 is 1.38 bits per heavy atom. The summed E-state index contributed by atoms with van der Waals surface area (Å²) in [7, 11) is 1.78. The summed E-state index contributed by atoms with van der Waals surface area (Å²) in [6, 6.07) is 5.40. The third kappa shape index (κ3) is 3.47. The largest absolute Gasteiger partial charge is 0.337 e. The smallest absolute Gasteiger partial charge is 0.246 e. The summed E-state index contributed by atoms with van der Waals surface area (Å²) < 4.78 is 5.29. The van der Waals surface area contributed by atoms with E-state index in [4.69, 9.17) is 4.52 Å². The first-order valence-corrected chi connectivity index (χ1v) is 9.08. The van der Waals surface area contributed by atoms with Crippen molar-refractivity contribution >= 4 is 5.91 Å². The summed E-state index contributed by atoms with van der Waals surface area (Å²) in [6.07, 6.45) is 4.85. The molecule has 2 saturated heterocycles. The van der Waals surface area contributed by atoms with Crippen LogP contribution in [0.2, 0.25) is 0 Å². The van der Waals surface area contributed by atoms with Crippen LogP contribution < -0.4 is 10.6 Å². The molecule has 138 valence electrons. The van der Waals surface area contributed by atoms with E-state index in [1.165, 1.54) is 0 Å². The van der Waals surface area contributed by atoms with Crippen LogP contribution in [0.5, 0.6) is 0 Å². The Bertz CT molecular complexity index is 756. The maximum atomic E-state index is 12.8. The molecule has 8 heteroatoms. The zero-order valence-corrected chi connectivity index (χ0v) is 14.9. The molecule has 2 aromatic heterocycles. The van der Waals surface area contributed by atoms with Gasteiger partial charge in [0.25, 0.3) is 0 Å². The Morgan fingerprint density at radius 3 is 3.00 bits per heavy atom. The number of likely N-dealkylation sites (N-methyl/N-ethyl adjacent to an activating group) is 1. The van der Waals surface area contributed by atoms with Gasteiger partial charge in [0.05, 0.1) is 12.6 Å². The van der Waals surface area contributed by atoms with Gasteiger partial charge in [0, 0.05) is 19.8 Å². The van der Waals surface area contributed by atoms with Crippen LogP contribution in [0.15, 0.2) is 28.9 Å². The van der Waals surface area contributed by atoms with E-state index < -0.39 is 0 Å². The maximum Gasteiger partial charge on any atom is 0.246 e. The van der Waals surface area contributed by atoms with Gasteiger partial charge >= 0.3 is 0 Å². The fraction of sp³-hybridized carbons (Fsp3) is 0.556. The monoisotopic (exact) mass is 356 g/mol. The molecule has 0 saturated carbocycles. The highest BCUT2D eigenvalue weighted by molar-refractivity contribution is 5.82. The molecule has 0 unspecified atom stereocenters. The number of amides is 1. The van der Waals surface area contributed by atoms with Gasteiger partial charge in [-0.3, -0.25) is 9.78 Å². The summed E-state index contributed by atoms with van der Waals surface area (Å²) >= 11 is 0. The van der Waals surface area contributed by atoms with Crippen molar-refractivity contribution in [3.63, 3.8) is 0 Å². The van der Waals surface area contributed by atoms with Crippen molar-refractivity contribution in [1.82, 2.24) is 30.7 Å². The second kappa shape index (κ2) is 7.13. The molecule has 4 rings (SSSR count). The van der Waals surface area contributed by atoms with Gasteiger partial charge in [0.2, 0.25) is 17.6 Å². The SMILES string of the molecule is CN(Cc1nc(-c2ccccn2)no1)C(=O)[C@@H]1CC2(CCNCC2)CN1. The van der Waals surface area contributed by atoms with Crippen LogP contribution in [-0.2, 0) is 11.3 Å². The third-order valence-corrected chi connectivity index (χ3v) is 5.43. The minimum Gasteiger partial charge on any atom is -0.337 e. The van der Waals surface area contributed by atoms with Gasteiger partial charge in [-0.2, -0.15) is 4.98 Å². The average molecular weight is 356 g/mol. The van der Waals surface area contributed by atoms with Crippen LogP contribution in [-0.4, -0.2) is 58.7 Å². The van der Waals surface area contributed by atoms with Crippen LogP contribution in [0.25, 0.3) is 11.5 Å². The Balaban J connectivity index is 1.37. The first kappa shape index (κ1) is 17.1. The number of carbonyl (C=O) groups is 1. The molecule has 1 atom stereocenters. The van der Waals surface area contributed by atoms with Crippen molar-refractivity contribution < 1.29 is 9.32 Å². The highest BCUT2D eigenvalue weighted by Crippen LogP contribution is 2.37. The summed E-state index contributed by atoms with van der Waals surface area (Å²) in [4.78, 5) is 23.0. The van der Waals surface area contributed by atoms with Crippen LogP contribution in [0.3, 0.4) is 0 Å². The molecular formula is C18H24N6O2. The lowest BCUT2D eigenvalue weighted by atomic mass is 9.77. The zero-order valence-electron chi connectivity index (χ0n) is 14.9. The third-order valence-electron chi connectivity index (χ3n) is 5.43. The van der Waals surface area contributed by atoms with E-state index in [1.807, 2.05) is 18.2 Å². The second-order valence-electron chi connectivity index (χ2n) is 7.31. The molecule has 1 spiro atoms. The molecule has 8 nitrogen and oxygen atoms in total. The zero-order chi connectivity index (χ0) is 18.0. The van der Waals surface area contributed by atoms with Gasteiger partial charge in [-0.05, 0) is 49.9 Å². The summed E-state index contributed by atoms with van der Waals surface area (Å²) in [6.45, 7) is 3.29. The van der Waals surface area contributed by atoms with E-state index in [0.717, 1.165) is 38.9 Å². The summed E-state index contributed by atoms with van der Waals surface area (Å²) in [5, 5.41) is 10.8. The highest BCUT2D eigenvalue weighted by atomic mass is 16.5. The average Bonchev–Trinajstić information content (AvgIpc) is 3.30. The Labute approximate surface area is 152 Å². The number of nitrogens with zero attached hydrogens (tertiary/aromatic N) is 4. The quantitative estimate of drug-likeness (QED) is 0.837. The predicted octanol–water partition coefficient (Wildman–Crippen LogP) is 0.822. The summed E-state index contributed by atoms with van der Waals surface area (Å²) in [5.41, 5.74) is 0.921. The fourth-order valence-electron chi connectivity index (χ4n) is 3.89. The topological polar surface area (TPSA) is 96.2 Å². The molecule has 2 fully saturated rings. The molecule has 2 aliphatic rings. The number of hydrogen-bond acceptors (Lipinski definition) is 7. The molecular weight excluding hydrogens is 332 g/mol. The number of nitrogens with one attached hydrogen (secondary N) is 2. The first-order chi connectivity index (χ1) is 12.7. The van der Waals surface area contributed by atoms with Crippen LogP contribution in [0, 0.1) is 5.41 Å². The van der Waals surface area contributed by atoms with Crippen LogP contribution >= 0.6 is 0 Å². The Kier molecular flexibility index (Phi) is 4.69. The van der Waals surface area contributed by atoms with Crippen molar-refractivity contribution in [2.45, 2.75) is 31.8 Å². The fourth-order valence-corrected chi connectivity index (χ4v) is 3.89. The molecule has 2 aliphatic heterocycles. The molecule has 0 aliphatic carbocycles. The Hall–Kier alpha value is -2.32. The minimum atomic E-state index is -0.128. The standard InChI is InChI=1S/C18H24N6O2/c1-24(11-15-22-16(23-26-15)13-4-2-3-7-20-13)17(25)14-10-18(12-21-14)5-8-19-9-6-18/h2-4,7,14,19,21H,5-6,8-12H2,1H3/t14-/m0/s1. The molecule has 0 aromatic carbocycles. The van der Waals surface area contributed by atoms with Gasteiger partial charge in [-0.1, -0.05) is 11.2 Å². The first-order valence-electron chi connectivity index (χ1n) is 9.08. The van der Waals surface area contributed by atoms with Crippen LogP contribution in [0.4, 0.5) is 0 Å². The summed E-state index contributed by atoms with van der Waals surface area (Å²) in [5.74, 6) is 0.933. The van der Waals surface area contributed by atoms with Gasteiger partial charge in [-0.15, -0.1) is 0 Å². The number of piperidine rings is 1. The van der Waals surface area contributed by atoms with Crippen molar-refractivity contribution in [3.8, 4) is 11.5 Å². The van der Waals surface area contributed by atoms with Gasteiger partial charge in [0.1, 0.15) is 5.69 Å². The van der Waals surface area contributed by atoms with Gasteiger partial charge < -0.3 is 20.1 Å². The lowest BCUT2D eigenvalue weighted by Crippen LogP contribution is -2.41. The van der Waals surface area contributed by atoms with E-state index in [-0.39, 0.29) is 17.4 Å². The van der Waals surface area contributed by atoms with Crippen molar-refractivity contribution in [1.29, 1.82) is 0 Å². The van der Waals surface area contributed by atoms with Crippen molar-refractivity contribution in [2.24, 2.45) is 5.41 Å². The molecule has 2 aromatic rings. The van der Waals surface area contributed by atoms with Crippen molar-refractivity contribution in [3.05, 3.63) is 30.3 Å². The van der Waals surface area contributed by atoms with Crippen molar-refractivity contribution in [2.75, 3.05) is 26.7 Å². The molecule has 26 heavy (non-hydrogen) atoms. The molecule has 0 radical (unpaired) electrons. The highest BCUT2D eigenvalue weighted by Gasteiger charge is 2.42. The van der Waals surface area contributed by atoms with Gasteiger partial charge in [-0.25, -0.2) is 0 Å². The number of aromatic nitrogens is 3. The number of carbonyl (C=O) groups excluding carboxylic acids is 1. The molecule has 0 bridgehead atoms. The molecule has 1 amide bonds. The second-order valence-corrected chi connectivity index (χ2v) is 7.31. The van der Waals surface area contributed by atoms with Crippen LogP contribution in [0.1, 0.15) is 25.2 Å². The lowest BCUT2D eigenvalue weighted by molar-refractivity contribution is -0.132. The molecule has 2 N–H and O–H groups in total. The lowest BCUT2D eigenvalue weighted by Gasteiger charge is -2.33. The number of hydrogen-bond donors (Lipinski definition) is 2. The Morgan fingerprint density at radius 2 is 2.23 bits per heavy atom. The van der Waals surface area contributed by atoms with E-state index in [0.29, 0.717) is 24.0 Å².